The molecule has 2 aliphatic rings. The van der Waals surface area contributed by atoms with E-state index in [4.69, 9.17) is 14.2 Å². The van der Waals surface area contributed by atoms with Crippen LogP contribution >= 0.6 is 0 Å². The summed E-state index contributed by atoms with van der Waals surface area (Å²) in [6.45, 7) is 1.88. The predicted octanol–water partition coefficient (Wildman–Crippen LogP) is 2.43. The molecule has 0 unspecified atom stereocenters. The molecule has 0 amide bonds. The molecule has 1 fully saturated rings. The summed E-state index contributed by atoms with van der Waals surface area (Å²) in [4.78, 5) is 0.259. The third-order valence-electron chi connectivity index (χ3n) is 4.57. The Morgan fingerprint density at radius 2 is 1.83 bits per heavy atom. The lowest BCUT2D eigenvalue weighted by atomic mass is 10.2. The molecule has 0 radical (unpaired) electrons. The number of sulfonamides is 1. The maximum absolute atomic E-state index is 13.2. The molecule has 3 rings (SSSR count). The van der Waals surface area contributed by atoms with Crippen LogP contribution in [-0.2, 0) is 14.8 Å². The second-order valence-corrected chi connectivity index (χ2v) is 8.10. The van der Waals surface area contributed by atoms with Crippen LogP contribution in [0, 0.1) is 0 Å². The molecular formula is C17H25NO5S. The normalized spacial score (nSPS) is 18.8. The average molecular weight is 355 g/mol. The van der Waals surface area contributed by atoms with Crippen LogP contribution in [0.15, 0.2) is 23.1 Å². The van der Waals surface area contributed by atoms with E-state index in [1.165, 1.54) is 0 Å². The van der Waals surface area contributed by atoms with Gasteiger partial charge in [0.1, 0.15) is 0 Å². The number of nitrogens with zero attached hydrogens (tertiary/aromatic N) is 1. The van der Waals surface area contributed by atoms with E-state index in [0.29, 0.717) is 37.9 Å². The van der Waals surface area contributed by atoms with Crippen molar-refractivity contribution in [3.63, 3.8) is 0 Å². The average Bonchev–Trinajstić information content (AvgIpc) is 2.99. The number of hydrogen-bond acceptors (Lipinski definition) is 5. The molecule has 1 saturated carbocycles. The van der Waals surface area contributed by atoms with Gasteiger partial charge in [-0.05, 0) is 25.0 Å². The van der Waals surface area contributed by atoms with Gasteiger partial charge in [0.2, 0.25) is 10.0 Å². The van der Waals surface area contributed by atoms with E-state index < -0.39 is 10.0 Å². The predicted molar refractivity (Wildman–Crippen MR) is 90.1 cm³/mol. The Hall–Kier alpha value is -1.31. The maximum atomic E-state index is 13.2. The standard InChI is InChI=1S/C17H25NO5S/c1-21-12-9-18(14-5-2-3-6-14)24(19,20)15-7-8-16-17(13-15)23-11-4-10-22-16/h7-8,13-14H,2-6,9-12H2,1H3. The van der Waals surface area contributed by atoms with Crippen molar-refractivity contribution < 1.29 is 22.6 Å². The Bertz CT molecular complexity index is 655. The van der Waals surface area contributed by atoms with E-state index in [0.717, 1.165) is 32.1 Å². The summed E-state index contributed by atoms with van der Waals surface area (Å²) in [6.07, 6.45) is 4.76. The SMILES string of the molecule is COCCN(C1CCCC1)S(=O)(=O)c1ccc2c(c1)OCCCO2. The minimum Gasteiger partial charge on any atom is -0.490 e. The molecule has 0 atom stereocenters. The van der Waals surface area contributed by atoms with Gasteiger partial charge in [-0.3, -0.25) is 0 Å². The minimum atomic E-state index is -3.58. The summed E-state index contributed by atoms with van der Waals surface area (Å²) in [5.74, 6) is 1.11. The number of fused-ring (bicyclic) bond motifs is 1. The highest BCUT2D eigenvalue weighted by Crippen LogP contribution is 2.34. The third-order valence-corrected chi connectivity index (χ3v) is 6.52. The van der Waals surface area contributed by atoms with Crippen molar-refractivity contribution in [3.05, 3.63) is 18.2 Å². The zero-order chi connectivity index (χ0) is 17.0. The van der Waals surface area contributed by atoms with E-state index in [9.17, 15) is 8.42 Å². The molecular weight excluding hydrogens is 330 g/mol. The summed E-state index contributed by atoms with van der Waals surface area (Å²) in [5, 5.41) is 0. The first-order chi connectivity index (χ1) is 11.6. The number of ether oxygens (including phenoxy) is 3. The summed E-state index contributed by atoms with van der Waals surface area (Å²) in [6, 6.07) is 4.94. The molecule has 7 heteroatoms. The van der Waals surface area contributed by atoms with Gasteiger partial charge >= 0.3 is 0 Å². The monoisotopic (exact) mass is 355 g/mol. The third kappa shape index (κ3) is 3.68. The Balaban J connectivity index is 1.90. The van der Waals surface area contributed by atoms with Gasteiger partial charge in [-0.25, -0.2) is 8.42 Å². The highest BCUT2D eigenvalue weighted by molar-refractivity contribution is 7.89. The van der Waals surface area contributed by atoms with Crippen LogP contribution in [0.3, 0.4) is 0 Å². The lowest BCUT2D eigenvalue weighted by molar-refractivity contribution is 0.166. The topological polar surface area (TPSA) is 65.1 Å². The van der Waals surface area contributed by atoms with Crippen molar-refractivity contribution in [2.45, 2.75) is 43.0 Å². The zero-order valence-electron chi connectivity index (χ0n) is 14.1. The Morgan fingerprint density at radius 1 is 1.12 bits per heavy atom. The fourth-order valence-corrected chi connectivity index (χ4v) is 5.00. The van der Waals surface area contributed by atoms with Crippen LogP contribution < -0.4 is 9.47 Å². The zero-order valence-corrected chi connectivity index (χ0v) is 14.9. The van der Waals surface area contributed by atoms with Crippen molar-refractivity contribution in [1.29, 1.82) is 0 Å². The van der Waals surface area contributed by atoms with Crippen LogP contribution in [0.25, 0.3) is 0 Å². The lowest BCUT2D eigenvalue weighted by Crippen LogP contribution is -2.40. The quantitative estimate of drug-likeness (QED) is 0.784. The van der Waals surface area contributed by atoms with E-state index in [-0.39, 0.29) is 10.9 Å². The van der Waals surface area contributed by atoms with E-state index in [1.54, 1.807) is 29.6 Å². The Labute approximate surface area is 143 Å². The molecule has 0 N–H and O–H groups in total. The molecule has 1 heterocycles. The van der Waals surface area contributed by atoms with E-state index in [1.807, 2.05) is 0 Å². The highest BCUT2D eigenvalue weighted by atomic mass is 32.2. The van der Waals surface area contributed by atoms with Crippen LogP contribution in [-0.4, -0.2) is 52.2 Å². The Kier molecular flexibility index (Phi) is 5.63. The molecule has 0 spiro atoms. The van der Waals surface area contributed by atoms with Gasteiger partial charge in [0, 0.05) is 32.2 Å². The van der Waals surface area contributed by atoms with E-state index >= 15 is 0 Å². The summed E-state index contributed by atoms with van der Waals surface area (Å²) in [7, 11) is -1.99. The van der Waals surface area contributed by atoms with Gasteiger partial charge < -0.3 is 14.2 Å². The second kappa shape index (κ2) is 7.72. The summed E-state index contributed by atoms with van der Waals surface area (Å²) >= 11 is 0. The van der Waals surface area contributed by atoms with Crippen LogP contribution in [0.1, 0.15) is 32.1 Å². The van der Waals surface area contributed by atoms with Crippen molar-refractivity contribution >= 4 is 10.0 Å². The fraction of sp³-hybridized carbons (Fsp3) is 0.647. The van der Waals surface area contributed by atoms with Crippen molar-refractivity contribution in [2.24, 2.45) is 0 Å². The maximum Gasteiger partial charge on any atom is 0.243 e. The second-order valence-electron chi connectivity index (χ2n) is 6.21. The van der Waals surface area contributed by atoms with Gasteiger partial charge in [0.25, 0.3) is 0 Å². The van der Waals surface area contributed by atoms with Gasteiger partial charge in [-0.15, -0.1) is 0 Å². The summed E-state index contributed by atoms with van der Waals surface area (Å²) < 4.78 is 44.3. The first-order valence-corrected chi connectivity index (χ1v) is 9.97. The summed E-state index contributed by atoms with van der Waals surface area (Å²) in [5.41, 5.74) is 0. The Morgan fingerprint density at radius 3 is 2.54 bits per heavy atom. The number of hydrogen-bond donors (Lipinski definition) is 0. The molecule has 0 aromatic heterocycles. The highest BCUT2D eigenvalue weighted by Gasteiger charge is 2.33. The largest absolute Gasteiger partial charge is 0.490 e. The molecule has 1 aromatic rings. The van der Waals surface area contributed by atoms with Crippen molar-refractivity contribution in [2.75, 3.05) is 33.5 Å². The molecule has 1 aliphatic heterocycles. The molecule has 1 aromatic carbocycles. The number of rotatable bonds is 6. The minimum absolute atomic E-state index is 0.0566. The molecule has 1 aliphatic carbocycles. The number of benzene rings is 1. The fourth-order valence-electron chi connectivity index (χ4n) is 3.31. The van der Waals surface area contributed by atoms with Gasteiger partial charge in [-0.1, -0.05) is 12.8 Å². The van der Waals surface area contributed by atoms with Crippen molar-refractivity contribution in [3.8, 4) is 11.5 Å². The number of methoxy groups -OCH3 is 1. The van der Waals surface area contributed by atoms with Crippen molar-refractivity contribution in [1.82, 2.24) is 4.31 Å². The van der Waals surface area contributed by atoms with Gasteiger partial charge in [0.15, 0.2) is 11.5 Å². The van der Waals surface area contributed by atoms with Crippen LogP contribution in [0.2, 0.25) is 0 Å². The first-order valence-electron chi connectivity index (χ1n) is 8.53. The lowest BCUT2D eigenvalue weighted by Gasteiger charge is -2.28. The molecule has 134 valence electrons. The molecule has 24 heavy (non-hydrogen) atoms. The van der Waals surface area contributed by atoms with Gasteiger partial charge in [-0.2, -0.15) is 4.31 Å². The first kappa shape index (κ1) is 17.5. The van der Waals surface area contributed by atoms with E-state index in [2.05, 4.69) is 0 Å². The molecule has 6 nitrogen and oxygen atoms in total. The smallest absolute Gasteiger partial charge is 0.243 e. The van der Waals surface area contributed by atoms with Crippen LogP contribution in [0.4, 0.5) is 0 Å². The van der Waals surface area contributed by atoms with Crippen LogP contribution in [0.5, 0.6) is 11.5 Å². The van der Waals surface area contributed by atoms with Gasteiger partial charge in [0.05, 0.1) is 24.7 Å². The molecule has 0 bridgehead atoms. The molecule has 0 saturated heterocycles.